The van der Waals surface area contributed by atoms with Crippen LogP contribution in [-0.2, 0) is 4.79 Å². The van der Waals surface area contributed by atoms with E-state index in [9.17, 15) is 9.59 Å². The van der Waals surface area contributed by atoms with Gasteiger partial charge in [-0.25, -0.2) is 0 Å². The second kappa shape index (κ2) is 7.54. The zero-order valence-electron chi connectivity index (χ0n) is 13.8. The van der Waals surface area contributed by atoms with E-state index >= 15 is 0 Å². The lowest BCUT2D eigenvalue weighted by molar-refractivity contribution is -0.132. The second-order valence-electron chi connectivity index (χ2n) is 6.21. The minimum Gasteiger partial charge on any atom is -0.341 e. The van der Waals surface area contributed by atoms with Crippen LogP contribution < -0.4 is 5.32 Å². The molecule has 0 aliphatic carbocycles. The van der Waals surface area contributed by atoms with Gasteiger partial charge in [0.25, 0.3) is 0 Å². The number of carbonyl (C=O) groups excluding carboxylic acids is 2. The normalized spacial score (nSPS) is 18.3. The first-order chi connectivity index (χ1) is 10.5. The average molecular weight is 302 g/mol. The fraction of sp³-hybridized carbons (Fsp3) is 0.556. The lowest BCUT2D eigenvalue weighted by Crippen LogP contribution is -2.47. The molecule has 1 N–H and O–H groups in total. The molecule has 1 atom stereocenters. The number of rotatable bonds is 5. The van der Waals surface area contributed by atoms with Crippen molar-refractivity contribution in [3.8, 4) is 0 Å². The van der Waals surface area contributed by atoms with Gasteiger partial charge in [0.15, 0.2) is 5.78 Å². The van der Waals surface area contributed by atoms with E-state index in [0.717, 1.165) is 42.6 Å². The van der Waals surface area contributed by atoms with Crippen LogP contribution in [0.5, 0.6) is 0 Å². The summed E-state index contributed by atoms with van der Waals surface area (Å²) < 4.78 is 0. The Bertz CT molecular complexity index is 554. The van der Waals surface area contributed by atoms with E-state index in [4.69, 9.17) is 0 Å². The molecule has 1 amide bonds. The van der Waals surface area contributed by atoms with Crippen LogP contribution >= 0.6 is 0 Å². The number of amides is 1. The molecule has 1 aliphatic rings. The molecule has 1 fully saturated rings. The summed E-state index contributed by atoms with van der Waals surface area (Å²) in [4.78, 5) is 26.5. The highest BCUT2D eigenvalue weighted by Gasteiger charge is 2.23. The predicted molar refractivity (Wildman–Crippen MR) is 88.1 cm³/mol. The van der Waals surface area contributed by atoms with Gasteiger partial charge in [-0.1, -0.05) is 17.7 Å². The second-order valence-corrected chi connectivity index (χ2v) is 6.21. The van der Waals surface area contributed by atoms with Crippen LogP contribution in [0, 0.1) is 13.8 Å². The molecule has 120 valence electrons. The van der Waals surface area contributed by atoms with E-state index in [1.54, 1.807) is 0 Å². The van der Waals surface area contributed by atoms with Crippen molar-refractivity contribution in [2.24, 2.45) is 0 Å². The number of carbonyl (C=O) groups is 2. The van der Waals surface area contributed by atoms with Crippen molar-refractivity contribution >= 4 is 11.7 Å². The number of hydrogen-bond donors (Lipinski definition) is 1. The van der Waals surface area contributed by atoms with Gasteiger partial charge in [-0.15, -0.1) is 0 Å². The Balaban J connectivity index is 1.90. The monoisotopic (exact) mass is 302 g/mol. The average Bonchev–Trinajstić information content (AvgIpc) is 2.54. The van der Waals surface area contributed by atoms with Gasteiger partial charge in [-0.05, 0) is 45.4 Å². The van der Waals surface area contributed by atoms with Gasteiger partial charge in [-0.2, -0.15) is 0 Å². The summed E-state index contributed by atoms with van der Waals surface area (Å²) >= 11 is 0. The van der Waals surface area contributed by atoms with Crippen molar-refractivity contribution in [1.29, 1.82) is 0 Å². The molecule has 4 heteroatoms. The van der Waals surface area contributed by atoms with E-state index in [2.05, 4.69) is 5.32 Å². The fourth-order valence-electron chi connectivity index (χ4n) is 2.99. The molecule has 0 spiro atoms. The molecule has 1 saturated heterocycles. The van der Waals surface area contributed by atoms with E-state index < -0.39 is 0 Å². The molecule has 0 aromatic heterocycles. The highest BCUT2D eigenvalue weighted by Crippen LogP contribution is 2.16. The topological polar surface area (TPSA) is 49.4 Å². The lowest BCUT2D eigenvalue weighted by Gasteiger charge is -2.32. The summed E-state index contributed by atoms with van der Waals surface area (Å²) in [7, 11) is 1.93. The maximum atomic E-state index is 12.3. The van der Waals surface area contributed by atoms with Crippen molar-refractivity contribution in [2.75, 3.05) is 20.1 Å². The Morgan fingerprint density at radius 3 is 2.77 bits per heavy atom. The molecule has 1 heterocycles. The smallest absolute Gasteiger partial charge is 0.223 e. The SMILES string of the molecule is CNC1CCCN(C(=O)CCC(=O)c2cc(C)ccc2C)C1. The zero-order valence-corrected chi connectivity index (χ0v) is 13.8. The number of nitrogens with one attached hydrogen (secondary N) is 1. The molecule has 2 rings (SSSR count). The van der Waals surface area contributed by atoms with Crippen LogP contribution in [0.2, 0.25) is 0 Å². The third kappa shape index (κ3) is 4.17. The molecule has 1 aliphatic heterocycles. The summed E-state index contributed by atoms with van der Waals surface area (Å²) in [6.45, 7) is 5.49. The van der Waals surface area contributed by atoms with E-state index in [0.29, 0.717) is 18.9 Å². The Kier molecular flexibility index (Phi) is 5.72. The lowest BCUT2D eigenvalue weighted by atomic mass is 9.98. The number of aryl methyl sites for hydroxylation is 2. The number of hydrogen-bond acceptors (Lipinski definition) is 3. The van der Waals surface area contributed by atoms with Gasteiger partial charge in [0.05, 0.1) is 0 Å². The van der Waals surface area contributed by atoms with Crippen molar-refractivity contribution in [1.82, 2.24) is 10.2 Å². The van der Waals surface area contributed by atoms with E-state index in [1.807, 2.05) is 44.0 Å². The van der Waals surface area contributed by atoms with Crippen molar-refractivity contribution < 1.29 is 9.59 Å². The molecule has 0 bridgehead atoms. The Morgan fingerprint density at radius 2 is 2.05 bits per heavy atom. The standard InChI is InChI=1S/C18H26N2O2/c1-13-6-7-14(2)16(11-13)17(21)8-9-18(22)20-10-4-5-15(12-20)19-3/h6-7,11,15,19H,4-5,8-10,12H2,1-3H3. The molecule has 0 saturated carbocycles. The van der Waals surface area contributed by atoms with Crippen molar-refractivity contribution in [3.05, 3.63) is 34.9 Å². The number of ketones is 1. The molecule has 1 aromatic carbocycles. The van der Waals surface area contributed by atoms with Gasteiger partial charge in [0.1, 0.15) is 0 Å². The van der Waals surface area contributed by atoms with E-state index in [1.165, 1.54) is 0 Å². The first-order valence-electron chi connectivity index (χ1n) is 8.06. The van der Waals surface area contributed by atoms with Crippen LogP contribution in [0.4, 0.5) is 0 Å². The van der Waals surface area contributed by atoms with Crippen LogP contribution in [0.3, 0.4) is 0 Å². The maximum Gasteiger partial charge on any atom is 0.223 e. The maximum absolute atomic E-state index is 12.3. The number of Topliss-reactive ketones (excluding diaryl/α,β-unsaturated/α-hetero) is 1. The van der Waals surface area contributed by atoms with Gasteiger partial charge in [0, 0.05) is 37.5 Å². The number of benzene rings is 1. The molecule has 1 unspecified atom stereocenters. The van der Waals surface area contributed by atoms with Crippen LogP contribution in [-0.4, -0.2) is 42.8 Å². The first kappa shape index (κ1) is 16.7. The minimum atomic E-state index is 0.0664. The van der Waals surface area contributed by atoms with Gasteiger partial charge < -0.3 is 10.2 Å². The van der Waals surface area contributed by atoms with Crippen LogP contribution in [0.1, 0.15) is 47.2 Å². The summed E-state index contributed by atoms with van der Waals surface area (Å²) in [5, 5.41) is 3.23. The Morgan fingerprint density at radius 1 is 1.27 bits per heavy atom. The number of nitrogens with zero attached hydrogens (tertiary/aromatic N) is 1. The Labute approximate surface area is 132 Å². The summed E-state index contributed by atoms with van der Waals surface area (Å²) in [6, 6.07) is 6.27. The quantitative estimate of drug-likeness (QED) is 0.850. The molecule has 22 heavy (non-hydrogen) atoms. The molecule has 1 aromatic rings. The highest BCUT2D eigenvalue weighted by molar-refractivity contribution is 5.99. The number of likely N-dealkylation sites (tertiary alicyclic amines) is 1. The minimum absolute atomic E-state index is 0.0664. The molecule has 4 nitrogen and oxygen atoms in total. The molecule has 0 radical (unpaired) electrons. The fourth-order valence-corrected chi connectivity index (χ4v) is 2.99. The van der Waals surface area contributed by atoms with Gasteiger partial charge in [0.2, 0.25) is 5.91 Å². The summed E-state index contributed by atoms with van der Waals surface area (Å²) in [6.07, 6.45) is 2.75. The Hall–Kier alpha value is -1.68. The van der Waals surface area contributed by atoms with Crippen molar-refractivity contribution in [2.45, 2.75) is 45.6 Å². The third-order valence-corrected chi connectivity index (χ3v) is 4.44. The zero-order chi connectivity index (χ0) is 16.1. The molecular weight excluding hydrogens is 276 g/mol. The summed E-state index contributed by atoms with van der Waals surface area (Å²) in [5.74, 6) is 0.162. The molecular formula is C18H26N2O2. The summed E-state index contributed by atoms with van der Waals surface area (Å²) in [5.41, 5.74) is 2.81. The predicted octanol–water partition coefficient (Wildman–Crippen LogP) is 2.48. The highest BCUT2D eigenvalue weighted by atomic mass is 16.2. The van der Waals surface area contributed by atoms with Crippen LogP contribution in [0.25, 0.3) is 0 Å². The van der Waals surface area contributed by atoms with E-state index in [-0.39, 0.29) is 11.7 Å². The van der Waals surface area contributed by atoms with Gasteiger partial charge in [-0.3, -0.25) is 9.59 Å². The largest absolute Gasteiger partial charge is 0.341 e. The first-order valence-corrected chi connectivity index (χ1v) is 8.06. The van der Waals surface area contributed by atoms with Gasteiger partial charge >= 0.3 is 0 Å². The number of piperidine rings is 1. The number of likely N-dealkylation sites (N-methyl/N-ethyl adjacent to an activating group) is 1. The third-order valence-electron chi connectivity index (χ3n) is 4.44. The van der Waals surface area contributed by atoms with Crippen molar-refractivity contribution in [3.63, 3.8) is 0 Å². The van der Waals surface area contributed by atoms with Crippen LogP contribution in [0.15, 0.2) is 18.2 Å².